The van der Waals surface area contributed by atoms with Gasteiger partial charge in [0.1, 0.15) is 46.0 Å². The molecule has 0 fully saturated rings. The first-order valence-corrected chi connectivity index (χ1v) is 44.0. The Hall–Kier alpha value is -15.8. The van der Waals surface area contributed by atoms with Crippen molar-refractivity contribution in [3.05, 3.63) is 430 Å². The summed E-state index contributed by atoms with van der Waals surface area (Å²) < 4.78 is 32.0. The van der Waals surface area contributed by atoms with Crippen LogP contribution >= 0.6 is 0 Å². The highest BCUT2D eigenvalue weighted by Gasteiger charge is 2.54. The molecule has 6 aliphatic heterocycles. The van der Waals surface area contributed by atoms with E-state index in [0.717, 1.165) is 223 Å². The highest BCUT2D eigenvalue weighted by Crippen LogP contribution is 2.58. The normalized spacial score (nSPS) is 13.0. The Kier molecular flexibility index (Phi) is 17.1. The largest absolute Gasteiger partial charge is 0.459 e. The van der Waals surface area contributed by atoms with Crippen molar-refractivity contribution in [2.24, 2.45) is 0 Å². The van der Waals surface area contributed by atoms with Crippen LogP contribution in [0.2, 0.25) is 0 Å². The van der Waals surface area contributed by atoms with Crippen LogP contribution in [0.25, 0.3) is 111 Å². The molecular weight excluding hydrogens is 1540 g/mol. The van der Waals surface area contributed by atoms with Gasteiger partial charge in [-0.25, -0.2) is 0 Å². The van der Waals surface area contributed by atoms with Crippen molar-refractivity contribution >= 4 is 103 Å². The van der Waals surface area contributed by atoms with Crippen molar-refractivity contribution in [3.63, 3.8) is 0 Å². The molecule has 6 aliphatic rings. The lowest BCUT2D eigenvalue weighted by Crippen LogP contribution is -2.66. The third-order valence-corrected chi connectivity index (χ3v) is 26.8. The fourth-order valence-corrected chi connectivity index (χ4v) is 20.9. The smallest absolute Gasteiger partial charge is 0.265 e. The number of hydrogen-bond acceptors (Lipinski definition) is 6. The van der Waals surface area contributed by atoms with Crippen molar-refractivity contribution in [2.45, 2.75) is 26.2 Å². The molecule has 0 saturated carbocycles. The first kappa shape index (κ1) is 73.9. The fourth-order valence-electron chi connectivity index (χ4n) is 20.9. The van der Waals surface area contributed by atoms with Gasteiger partial charge in [0, 0.05) is 73.5 Å². The van der Waals surface area contributed by atoms with E-state index in [2.05, 4.69) is 455 Å². The van der Waals surface area contributed by atoms with Crippen LogP contribution in [0.15, 0.2) is 425 Å². The van der Waals surface area contributed by atoms with Crippen molar-refractivity contribution in [2.75, 3.05) is 9.80 Å². The van der Waals surface area contributed by atoms with Gasteiger partial charge in [0.15, 0.2) is 0 Å². The van der Waals surface area contributed by atoms with Crippen LogP contribution in [0.4, 0.5) is 34.1 Å². The average molecular weight is 1620 g/mol. The van der Waals surface area contributed by atoms with Crippen molar-refractivity contribution < 1.29 is 18.9 Å². The lowest BCUT2D eigenvalue weighted by Gasteiger charge is -2.48. The van der Waals surface area contributed by atoms with Gasteiger partial charge < -0.3 is 28.7 Å². The Morgan fingerprint density at radius 1 is 0.189 bits per heavy atom. The van der Waals surface area contributed by atoms with Gasteiger partial charge in [-0.1, -0.05) is 373 Å². The van der Waals surface area contributed by atoms with Crippen LogP contribution in [0.1, 0.15) is 26.3 Å². The molecule has 19 aromatic rings. The zero-order valence-corrected chi connectivity index (χ0v) is 70.2. The van der Waals surface area contributed by atoms with Crippen LogP contribution in [-0.4, -0.2) is 20.1 Å². The summed E-state index contributed by atoms with van der Waals surface area (Å²) in [6.07, 6.45) is 0. The van der Waals surface area contributed by atoms with Crippen LogP contribution in [-0.2, 0) is 5.41 Å². The molecule has 6 nitrogen and oxygen atoms in total. The number of rotatable bonds is 12. The maximum atomic E-state index is 8.46. The summed E-state index contributed by atoms with van der Waals surface area (Å²) >= 11 is 0. The van der Waals surface area contributed by atoms with E-state index in [1.807, 2.05) is 0 Å². The molecule has 127 heavy (non-hydrogen) atoms. The lowest BCUT2D eigenvalue weighted by molar-refractivity contribution is 0.443. The van der Waals surface area contributed by atoms with E-state index in [-0.39, 0.29) is 6.71 Å². The predicted molar refractivity (Wildman–Crippen MR) is 529 cm³/mol. The maximum absolute atomic E-state index is 8.46. The Morgan fingerprint density at radius 2 is 0.488 bits per heavy atom. The Labute approximate surface area is 740 Å². The summed E-state index contributed by atoms with van der Waals surface area (Å²) in [5.41, 5.74) is 37.7. The van der Waals surface area contributed by atoms with E-state index in [0.29, 0.717) is 23.0 Å². The molecule has 6 heterocycles. The second-order valence-corrected chi connectivity index (χ2v) is 35.2. The zero-order chi connectivity index (χ0) is 84.1. The minimum absolute atomic E-state index is 0.325. The summed E-state index contributed by atoms with van der Waals surface area (Å²) in [6, 6.07) is 156. The van der Waals surface area contributed by atoms with Crippen LogP contribution in [0.5, 0.6) is 46.0 Å². The molecular formula is C118H79B3N2O4. The van der Waals surface area contributed by atoms with Gasteiger partial charge in [0.2, 0.25) is 0 Å². The molecule has 0 unspecified atom stereocenters. The minimum Gasteiger partial charge on any atom is -0.459 e. The second-order valence-electron chi connectivity index (χ2n) is 35.2. The van der Waals surface area contributed by atoms with Crippen LogP contribution < -0.4 is 77.9 Å². The van der Waals surface area contributed by atoms with Gasteiger partial charge in [-0.3, -0.25) is 0 Å². The maximum Gasteiger partial charge on any atom is 0.265 e. The van der Waals surface area contributed by atoms with E-state index in [4.69, 9.17) is 18.9 Å². The summed E-state index contributed by atoms with van der Waals surface area (Å²) in [6.45, 7) is 5.73. The standard InChI is InChI=1S/C118H79B3N2O4/c1-118(2,3)90-70-100-109-101(71-90)123(115-93(82-50-30-12-31-51-82)64-89(79-44-24-9-25-45-79)65-94(115)83-52-32-13-33-53-83)102-72-106-112-116(110(102)120(109)95-58-54-86(76-38-18-6-19-39-76)68-99(95)122(100)114-91(80-46-26-10-27-47-80)62-88(78-42-22-8-23-43-78)63-92(114)81-48-28-11-29-49-81)127-105-69-87(77-40-20-7-21-41-77)55-59-96(105)121(112)113-108(125-106)73-107-111-117(113)126-104-61-57-85(75-36-16-5-17-37-75)67-98(104)119(111)97-66-84(56-60-103(97)124-107)74-34-14-4-15-35-74/h4-73H,1-3H3. The van der Waals surface area contributed by atoms with Gasteiger partial charge in [-0.15, -0.1) is 0 Å². The molecule has 25 rings (SSSR count). The second kappa shape index (κ2) is 29.4. The van der Waals surface area contributed by atoms with E-state index < -0.39 is 18.8 Å². The summed E-state index contributed by atoms with van der Waals surface area (Å²) in [7, 11) is 0. The van der Waals surface area contributed by atoms with Gasteiger partial charge in [-0.2, -0.15) is 0 Å². The lowest BCUT2D eigenvalue weighted by atomic mass is 9.29. The molecule has 0 aromatic heterocycles. The van der Waals surface area contributed by atoms with Crippen LogP contribution in [0.3, 0.4) is 0 Å². The highest BCUT2D eigenvalue weighted by atomic mass is 16.5. The third kappa shape index (κ3) is 12.1. The molecule has 9 heteroatoms. The molecule has 0 spiro atoms. The molecule has 0 saturated heterocycles. The monoisotopic (exact) mass is 1620 g/mol. The number of hydrogen-bond donors (Lipinski definition) is 0. The molecule has 0 atom stereocenters. The quantitative estimate of drug-likeness (QED) is 0.114. The summed E-state index contributed by atoms with van der Waals surface area (Å²) in [5.74, 6) is 5.71. The van der Waals surface area contributed by atoms with Gasteiger partial charge in [0.25, 0.3) is 20.1 Å². The first-order valence-electron chi connectivity index (χ1n) is 44.0. The van der Waals surface area contributed by atoms with E-state index in [1.165, 1.54) is 0 Å². The van der Waals surface area contributed by atoms with Crippen molar-refractivity contribution in [1.82, 2.24) is 0 Å². The fraction of sp³-hybridized carbons (Fsp3) is 0.0339. The van der Waals surface area contributed by atoms with E-state index in [9.17, 15) is 0 Å². The molecule has 0 radical (unpaired) electrons. The highest BCUT2D eigenvalue weighted by molar-refractivity contribution is 7.04. The topological polar surface area (TPSA) is 43.4 Å². The summed E-state index contributed by atoms with van der Waals surface area (Å²) in [5, 5.41) is 0. The number of anilines is 6. The first-order chi connectivity index (χ1) is 62.6. The molecule has 594 valence electrons. The molecule has 0 N–H and O–H groups in total. The number of fused-ring (bicyclic) bond motifs is 14. The number of nitrogens with zero attached hydrogens (tertiary/aromatic N) is 2. The Morgan fingerprint density at radius 3 is 0.898 bits per heavy atom. The Bertz CT molecular complexity index is 7480. The number of ether oxygens (including phenoxy) is 4. The van der Waals surface area contributed by atoms with Gasteiger partial charge in [0.05, 0.1) is 11.4 Å². The molecule has 0 aliphatic carbocycles. The predicted octanol–water partition coefficient (Wildman–Crippen LogP) is 25.2. The van der Waals surface area contributed by atoms with Crippen molar-refractivity contribution in [1.29, 1.82) is 0 Å². The number of benzene rings is 19. The third-order valence-electron chi connectivity index (χ3n) is 26.8. The van der Waals surface area contributed by atoms with Gasteiger partial charge in [-0.05, 0) is 193 Å². The molecule has 0 amide bonds. The Balaban J connectivity index is 0.834. The average Bonchev–Trinajstić information content (AvgIpc) is 0.670. The van der Waals surface area contributed by atoms with Crippen LogP contribution in [0, 0.1) is 0 Å². The minimum atomic E-state index is -0.539. The van der Waals surface area contributed by atoms with Crippen molar-refractivity contribution in [3.8, 4) is 157 Å². The SMILES string of the molecule is CC(C)(C)c1cc2c3c(c1)N(c1c(-c4ccccc4)cc(-c4ccccc4)cc1-c1ccccc1)c1cc4c5c(c1B3c1ccc(-c3ccccc3)cc1N2c1c(-c2ccccc2)cc(-c2ccccc2)cc1-c1ccccc1)Oc1cc(-c2ccccc2)ccc1B5c1c(cc2c3c1Oc1ccc(-c5ccccc5)cc1B3c1cc(-c3ccccc3)ccc1O2)O4. The van der Waals surface area contributed by atoms with E-state index in [1.54, 1.807) is 0 Å². The van der Waals surface area contributed by atoms with E-state index >= 15 is 0 Å². The summed E-state index contributed by atoms with van der Waals surface area (Å²) in [4.78, 5) is 5.33. The zero-order valence-electron chi connectivity index (χ0n) is 70.2. The molecule has 19 aromatic carbocycles. The molecule has 0 bridgehead atoms. The van der Waals surface area contributed by atoms with Gasteiger partial charge >= 0.3 is 0 Å².